The van der Waals surface area contributed by atoms with Crippen LogP contribution in [0.25, 0.3) is 0 Å². The van der Waals surface area contributed by atoms with E-state index in [0.717, 1.165) is 12.0 Å². The standard InChI is InChI=1S/C18H29N5O2.2ClH/c1-18(2)11-23(8-7-14(18)19)17(25)13-5-6-15(24)22(4)16(13)12-9-20-21(3)10-12;;/h9-10,13-14,16H,5-8,11,19H2,1-4H3;2*1H. The quantitative estimate of drug-likeness (QED) is 0.790. The van der Waals surface area contributed by atoms with Gasteiger partial charge in [-0.05, 0) is 18.3 Å². The molecule has 3 unspecified atom stereocenters. The van der Waals surface area contributed by atoms with Gasteiger partial charge in [-0.25, -0.2) is 0 Å². The third-order valence-corrected chi connectivity index (χ3v) is 5.87. The lowest BCUT2D eigenvalue weighted by molar-refractivity contribution is -0.148. The summed E-state index contributed by atoms with van der Waals surface area (Å²) in [6.07, 6.45) is 5.48. The second-order valence-corrected chi connectivity index (χ2v) is 8.19. The molecule has 1 aromatic heterocycles. The maximum Gasteiger partial charge on any atom is 0.228 e. The molecule has 0 bridgehead atoms. The number of nitrogens with zero attached hydrogens (tertiary/aromatic N) is 4. The zero-order valence-electron chi connectivity index (χ0n) is 16.4. The van der Waals surface area contributed by atoms with E-state index < -0.39 is 0 Å². The second-order valence-electron chi connectivity index (χ2n) is 8.19. The Kier molecular flexibility index (Phi) is 7.73. The fourth-order valence-corrected chi connectivity index (χ4v) is 4.14. The molecular formula is C18H31Cl2N5O2. The minimum absolute atomic E-state index is 0. The summed E-state index contributed by atoms with van der Waals surface area (Å²) in [5.41, 5.74) is 7.04. The Morgan fingerprint density at radius 3 is 2.48 bits per heavy atom. The van der Waals surface area contributed by atoms with Crippen LogP contribution < -0.4 is 5.73 Å². The molecule has 3 atom stereocenters. The number of carbonyl (C=O) groups is 2. The van der Waals surface area contributed by atoms with Gasteiger partial charge in [0.15, 0.2) is 0 Å². The molecule has 2 aliphatic heterocycles. The molecule has 2 saturated heterocycles. The van der Waals surface area contributed by atoms with Crippen molar-refractivity contribution in [2.24, 2.45) is 24.1 Å². The van der Waals surface area contributed by atoms with E-state index in [1.54, 1.807) is 22.8 Å². The first-order valence-corrected chi connectivity index (χ1v) is 8.99. The zero-order valence-corrected chi connectivity index (χ0v) is 18.1. The Hall–Kier alpha value is -1.31. The number of amides is 2. The summed E-state index contributed by atoms with van der Waals surface area (Å²) in [5.74, 6) is -0.0101. The molecule has 3 rings (SSSR count). The van der Waals surface area contributed by atoms with E-state index in [2.05, 4.69) is 18.9 Å². The zero-order chi connectivity index (χ0) is 18.4. The Morgan fingerprint density at radius 2 is 1.93 bits per heavy atom. The van der Waals surface area contributed by atoms with E-state index in [1.807, 2.05) is 18.1 Å². The highest BCUT2D eigenvalue weighted by molar-refractivity contribution is 5.86. The number of likely N-dealkylation sites (tertiary alicyclic amines) is 2. The van der Waals surface area contributed by atoms with Crippen molar-refractivity contribution in [2.75, 3.05) is 20.1 Å². The average molecular weight is 420 g/mol. The van der Waals surface area contributed by atoms with Crippen LogP contribution in [-0.2, 0) is 16.6 Å². The summed E-state index contributed by atoms with van der Waals surface area (Å²) in [7, 11) is 3.63. The van der Waals surface area contributed by atoms with Crippen LogP contribution in [0, 0.1) is 11.3 Å². The Morgan fingerprint density at radius 1 is 1.26 bits per heavy atom. The number of piperidine rings is 2. The molecule has 2 fully saturated rings. The Balaban J connectivity index is 0.00000182. The third kappa shape index (κ3) is 4.58. The van der Waals surface area contributed by atoms with Crippen LogP contribution in [0.3, 0.4) is 0 Å². The molecule has 2 amide bonds. The van der Waals surface area contributed by atoms with Crippen molar-refractivity contribution in [3.05, 3.63) is 18.0 Å². The van der Waals surface area contributed by atoms with E-state index in [9.17, 15) is 9.59 Å². The van der Waals surface area contributed by atoms with E-state index in [4.69, 9.17) is 5.73 Å². The molecule has 27 heavy (non-hydrogen) atoms. The normalized spacial score (nSPS) is 27.6. The second kappa shape index (κ2) is 8.80. The third-order valence-electron chi connectivity index (χ3n) is 5.87. The minimum Gasteiger partial charge on any atom is -0.342 e. The molecule has 7 nitrogen and oxygen atoms in total. The van der Waals surface area contributed by atoms with E-state index >= 15 is 0 Å². The topological polar surface area (TPSA) is 84.5 Å². The smallest absolute Gasteiger partial charge is 0.228 e. The van der Waals surface area contributed by atoms with Gasteiger partial charge in [-0.2, -0.15) is 5.10 Å². The van der Waals surface area contributed by atoms with Crippen LogP contribution in [-0.4, -0.2) is 57.6 Å². The van der Waals surface area contributed by atoms with Crippen molar-refractivity contribution in [3.8, 4) is 0 Å². The molecule has 9 heteroatoms. The average Bonchev–Trinajstić information content (AvgIpc) is 2.97. The number of nitrogens with two attached hydrogens (primary N) is 1. The molecule has 2 N–H and O–H groups in total. The highest BCUT2D eigenvalue weighted by Gasteiger charge is 2.43. The van der Waals surface area contributed by atoms with Gasteiger partial charge in [-0.3, -0.25) is 14.3 Å². The predicted molar refractivity (Wildman–Crippen MR) is 109 cm³/mol. The van der Waals surface area contributed by atoms with Crippen molar-refractivity contribution in [1.29, 1.82) is 0 Å². The van der Waals surface area contributed by atoms with E-state index in [0.29, 0.717) is 25.9 Å². The highest BCUT2D eigenvalue weighted by atomic mass is 35.5. The largest absolute Gasteiger partial charge is 0.342 e. The van der Waals surface area contributed by atoms with Gasteiger partial charge in [0.2, 0.25) is 11.8 Å². The van der Waals surface area contributed by atoms with Crippen molar-refractivity contribution in [2.45, 2.75) is 45.2 Å². The fraction of sp³-hybridized carbons (Fsp3) is 0.722. The van der Waals surface area contributed by atoms with Crippen molar-refractivity contribution in [1.82, 2.24) is 19.6 Å². The fourth-order valence-electron chi connectivity index (χ4n) is 4.14. The number of rotatable bonds is 2. The lowest BCUT2D eigenvalue weighted by atomic mass is 9.78. The van der Waals surface area contributed by atoms with Gasteiger partial charge in [0, 0.05) is 51.4 Å². The molecule has 0 spiro atoms. The summed E-state index contributed by atoms with van der Waals surface area (Å²) in [4.78, 5) is 29.2. The lowest BCUT2D eigenvalue weighted by Gasteiger charge is -2.46. The summed E-state index contributed by atoms with van der Waals surface area (Å²) >= 11 is 0. The van der Waals surface area contributed by atoms with Crippen LogP contribution in [0.4, 0.5) is 0 Å². The Bertz CT molecular complexity index is 678. The minimum atomic E-state index is -0.249. The van der Waals surface area contributed by atoms with Crippen molar-refractivity contribution in [3.63, 3.8) is 0 Å². The molecule has 2 aliphatic rings. The maximum atomic E-state index is 13.3. The van der Waals surface area contributed by atoms with Gasteiger partial charge in [0.1, 0.15) is 0 Å². The van der Waals surface area contributed by atoms with Crippen LogP contribution >= 0.6 is 24.8 Å². The predicted octanol–water partition coefficient (Wildman–Crippen LogP) is 1.76. The first-order valence-electron chi connectivity index (χ1n) is 8.99. The monoisotopic (exact) mass is 419 g/mol. The summed E-state index contributed by atoms with van der Waals surface area (Å²) in [6.45, 7) is 5.59. The van der Waals surface area contributed by atoms with Crippen molar-refractivity contribution < 1.29 is 9.59 Å². The van der Waals surface area contributed by atoms with E-state index in [1.165, 1.54) is 0 Å². The van der Waals surface area contributed by atoms with Gasteiger partial charge in [0.25, 0.3) is 0 Å². The van der Waals surface area contributed by atoms with Gasteiger partial charge in [-0.1, -0.05) is 13.8 Å². The molecule has 154 valence electrons. The van der Waals surface area contributed by atoms with Crippen LogP contribution in [0.1, 0.15) is 44.7 Å². The molecule has 3 heterocycles. The van der Waals surface area contributed by atoms with Crippen LogP contribution in [0.15, 0.2) is 12.4 Å². The molecule has 0 aliphatic carbocycles. The number of aromatic nitrogens is 2. The SMILES string of the molecule is CN1C(=O)CCC(C(=O)N2CCC(N)C(C)(C)C2)C1c1cnn(C)c1.Cl.Cl. The first-order chi connectivity index (χ1) is 11.7. The van der Waals surface area contributed by atoms with Crippen LogP contribution in [0.5, 0.6) is 0 Å². The summed E-state index contributed by atoms with van der Waals surface area (Å²) < 4.78 is 1.72. The van der Waals surface area contributed by atoms with Crippen molar-refractivity contribution >= 4 is 36.6 Å². The van der Waals surface area contributed by atoms with Gasteiger partial charge in [0.05, 0.1) is 18.2 Å². The number of aryl methyl sites for hydroxylation is 1. The molecular weight excluding hydrogens is 389 g/mol. The van der Waals surface area contributed by atoms with Gasteiger partial charge in [-0.15, -0.1) is 24.8 Å². The van der Waals surface area contributed by atoms with Gasteiger partial charge < -0.3 is 15.5 Å². The number of halogens is 2. The number of hydrogen-bond acceptors (Lipinski definition) is 4. The van der Waals surface area contributed by atoms with E-state index in [-0.39, 0.29) is 60.0 Å². The highest BCUT2D eigenvalue weighted by Crippen LogP contribution is 2.38. The number of carbonyl (C=O) groups excluding carboxylic acids is 2. The number of hydrogen-bond donors (Lipinski definition) is 1. The summed E-state index contributed by atoms with van der Waals surface area (Å²) in [5, 5.41) is 4.23. The molecule has 1 aromatic rings. The lowest BCUT2D eigenvalue weighted by Crippen LogP contribution is -2.56. The molecule has 0 radical (unpaired) electrons. The van der Waals surface area contributed by atoms with Crippen LogP contribution in [0.2, 0.25) is 0 Å². The first kappa shape index (κ1) is 23.7. The molecule has 0 aromatic carbocycles. The Labute approximate surface area is 173 Å². The van der Waals surface area contributed by atoms with Gasteiger partial charge >= 0.3 is 0 Å². The molecule has 0 saturated carbocycles. The summed E-state index contributed by atoms with van der Waals surface area (Å²) in [6, 6.07) is -0.137. The maximum absolute atomic E-state index is 13.3.